The molecule has 0 fully saturated rings. The third-order valence-corrected chi connectivity index (χ3v) is 4.76. The fourth-order valence-corrected chi connectivity index (χ4v) is 2.82. The first kappa shape index (κ1) is 19.8. The molecule has 0 saturated carbocycles. The monoisotopic (exact) mass is 336 g/mol. The number of guanidine groups is 1. The van der Waals surface area contributed by atoms with Gasteiger partial charge in [-0.25, -0.2) is 0 Å². The molecule has 0 heterocycles. The van der Waals surface area contributed by atoms with Gasteiger partial charge >= 0.3 is 0 Å². The molecule has 130 valence electrons. The average Bonchev–Trinajstić information content (AvgIpc) is 2.57. The second-order valence-electron chi connectivity index (χ2n) is 5.87. The first-order valence-corrected chi connectivity index (χ1v) is 9.44. The van der Waals surface area contributed by atoms with E-state index in [0.29, 0.717) is 6.04 Å². The summed E-state index contributed by atoms with van der Waals surface area (Å²) in [5.74, 6) is 1.93. The van der Waals surface area contributed by atoms with E-state index in [-0.39, 0.29) is 0 Å². The van der Waals surface area contributed by atoms with Crippen LogP contribution >= 0.6 is 11.8 Å². The van der Waals surface area contributed by atoms with Crippen molar-refractivity contribution >= 4 is 17.7 Å². The Morgan fingerprint density at radius 1 is 1.13 bits per heavy atom. The number of nitrogens with zero attached hydrogens (tertiary/aromatic N) is 2. The number of hydrogen-bond donors (Lipinski definition) is 2. The molecular weight excluding hydrogens is 304 g/mol. The summed E-state index contributed by atoms with van der Waals surface area (Å²) in [5, 5.41) is 6.75. The van der Waals surface area contributed by atoms with E-state index in [2.05, 4.69) is 65.7 Å². The molecule has 5 heteroatoms. The molecule has 1 rings (SSSR count). The lowest BCUT2D eigenvalue weighted by Crippen LogP contribution is -2.39. The summed E-state index contributed by atoms with van der Waals surface area (Å²) in [6.45, 7) is 7.50. The predicted molar refractivity (Wildman–Crippen MR) is 104 cm³/mol. The van der Waals surface area contributed by atoms with E-state index in [1.165, 1.54) is 11.3 Å². The highest BCUT2D eigenvalue weighted by Crippen LogP contribution is 2.15. The molecular formula is C18H32N4S. The molecule has 0 aliphatic rings. The zero-order valence-electron chi connectivity index (χ0n) is 15.0. The Balaban J connectivity index is 2.06. The number of thioether (sulfide) groups is 1. The molecule has 0 atom stereocenters. The largest absolute Gasteiger partial charge is 0.356 e. The van der Waals surface area contributed by atoms with Crippen molar-refractivity contribution < 1.29 is 0 Å². The number of aliphatic imine (C=N–C) groups is 1. The summed E-state index contributed by atoms with van der Waals surface area (Å²) in [7, 11) is 4.01. The molecule has 1 aromatic carbocycles. The predicted octanol–water partition coefficient (Wildman–Crippen LogP) is 3.06. The van der Waals surface area contributed by atoms with Crippen molar-refractivity contribution in [2.45, 2.75) is 37.6 Å². The van der Waals surface area contributed by atoms with Gasteiger partial charge in [0, 0.05) is 36.8 Å². The van der Waals surface area contributed by atoms with Gasteiger partial charge in [0.05, 0.1) is 0 Å². The molecule has 0 aliphatic heterocycles. The standard InChI is InChI=1S/C18H32N4S/c1-16(2)22(4)14-9-8-12-20-18(19-3)21-13-15-23-17-10-6-5-7-11-17/h5-7,10-11,16H,8-9,12-15H2,1-4H3,(H2,19,20,21). The van der Waals surface area contributed by atoms with Crippen LogP contribution in [0.15, 0.2) is 40.2 Å². The van der Waals surface area contributed by atoms with Crippen molar-refractivity contribution in [1.82, 2.24) is 15.5 Å². The Kier molecular flexibility index (Phi) is 10.6. The van der Waals surface area contributed by atoms with Crippen LogP contribution in [-0.4, -0.2) is 56.4 Å². The summed E-state index contributed by atoms with van der Waals surface area (Å²) < 4.78 is 0. The first-order chi connectivity index (χ1) is 11.1. The van der Waals surface area contributed by atoms with Crippen LogP contribution in [0.5, 0.6) is 0 Å². The maximum Gasteiger partial charge on any atom is 0.191 e. The fraction of sp³-hybridized carbons (Fsp3) is 0.611. The van der Waals surface area contributed by atoms with Gasteiger partial charge in [-0.2, -0.15) is 0 Å². The minimum Gasteiger partial charge on any atom is -0.356 e. The molecule has 0 saturated heterocycles. The molecule has 1 aromatic rings. The van der Waals surface area contributed by atoms with Crippen molar-refractivity contribution in [3.8, 4) is 0 Å². The lowest BCUT2D eigenvalue weighted by Gasteiger charge is -2.20. The molecule has 0 aliphatic carbocycles. The van der Waals surface area contributed by atoms with E-state index in [1.807, 2.05) is 24.9 Å². The second-order valence-corrected chi connectivity index (χ2v) is 7.04. The van der Waals surface area contributed by atoms with Crippen LogP contribution in [0, 0.1) is 0 Å². The maximum atomic E-state index is 4.27. The molecule has 0 radical (unpaired) electrons. The van der Waals surface area contributed by atoms with E-state index in [0.717, 1.165) is 37.8 Å². The Morgan fingerprint density at radius 3 is 2.48 bits per heavy atom. The lowest BCUT2D eigenvalue weighted by atomic mass is 10.2. The third-order valence-electron chi connectivity index (χ3n) is 3.74. The van der Waals surface area contributed by atoms with Gasteiger partial charge in [0.2, 0.25) is 0 Å². The zero-order valence-corrected chi connectivity index (χ0v) is 15.8. The normalized spacial score (nSPS) is 12.0. The average molecular weight is 337 g/mol. The Hall–Kier alpha value is -1.20. The second kappa shape index (κ2) is 12.3. The van der Waals surface area contributed by atoms with Crippen molar-refractivity contribution in [2.75, 3.05) is 39.5 Å². The van der Waals surface area contributed by atoms with Crippen molar-refractivity contribution in [3.63, 3.8) is 0 Å². The van der Waals surface area contributed by atoms with E-state index in [9.17, 15) is 0 Å². The molecule has 2 N–H and O–H groups in total. The van der Waals surface area contributed by atoms with Crippen molar-refractivity contribution in [3.05, 3.63) is 30.3 Å². The summed E-state index contributed by atoms with van der Waals surface area (Å²) in [5.41, 5.74) is 0. The van der Waals surface area contributed by atoms with Crippen LogP contribution in [0.4, 0.5) is 0 Å². The first-order valence-electron chi connectivity index (χ1n) is 8.46. The lowest BCUT2D eigenvalue weighted by molar-refractivity contribution is 0.268. The van der Waals surface area contributed by atoms with Gasteiger partial charge in [0.15, 0.2) is 5.96 Å². The minimum absolute atomic E-state index is 0.625. The van der Waals surface area contributed by atoms with Gasteiger partial charge in [-0.05, 0) is 52.4 Å². The molecule has 0 spiro atoms. The number of benzene rings is 1. The molecule has 4 nitrogen and oxygen atoms in total. The van der Waals surface area contributed by atoms with Crippen LogP contribution in [0.3, 0.4) is 0 Å². The van der Waals surface area contributed by atoms with Crippen LogP contribution in [0.2, 0.25) is 0 Å². The van der Waals surface area contributed by atoms with Gasteiger partial charge in [-0.3, -0.25) is 4.99 Å². The van der Waals surface area contributed by atoms with E-state index in [1.54, 1.807) is 0 Å². The Bertz CT molecular complexity index is 434. The van der Waals surface area contributed by atoms with Gasteiger partial charge in [-0.15, -0.1) is 11.8 Å². The van der Waals surface area contributed by atoms with Crippen LogP contribution in [-0.2, 0) is 0 Å². The van der Waals surface area contributed by atoms with Gasteiger partial charge < -0.3 is 15.5 Å². The number of unbranched alkanes of at least 4 members (excludes halogenated alkanes) is 1. The Labute approximate surface area is 146 Å². The fourth-order valence-electron chi connectivity index (χ4n) is 2.03. The minimum atomic E-state index is 0.625. The highest BCUT2D eigenvalue weighted by Gasteiger charge is 2.02. The van der Waals surface area contributed by atoms with Crippen LogP contribution in [0.25, 0.3) is 0 Å². The molecule has 0 amide bonds. The molecule has 0 unspecified atom stereocenters. The van der Waals surface area contributed by atoms with E-state index < -0.39 is 0 Å². The van der Waals surface area contributed by atoms with Gasteiger partial charge in [0.25, 0.3) is 0 Å². The molecule has 0 bridgehead atoms. The highest BCUT2D eigenvalue weighted by molar-refractivity contribution is 7.99. The van der Waals surface area contributed by atoms with Crippen molar-refractivity contribution in [2.24, 2.45) is 4.99 Å². The topological polar surface area (TPSA) is 39.7 Å². The van der Waals surface area contributed by atoms with Gasteiger partial charge in [-0.1, -0.05) is 18.2 Å². The maximum absolute atomic E-state index is 4.27. The zero-order chi connectivity index (χ0) is 16.9. The molecule has 0 aromatic heterocycles. The quantitative estimate of drug-likeness (QED) is 0.298. The number of nitrogens with one attached hydrogen (secondary N) is 2. The summed E-state index contributed by atoms with van der Waals surface area (Å²) in [4.78, 5) is 7.96. The SMILES string of the molecule is CN=C(NCCCCN(C)C(C)C)NCCSc1ccccc1. The summed E-state index contributed by atoms with van der Waals surface area (Å²) in [6.07, 6.45) is 2.37. The van der Waals surface area contributed by atoms with Gasteiger partial charge in [0.1, 0.15) is 0 Å². The smallest absolute Gasteiger partial charge is 0.191 e. The van der Waals surface area contributed by atoms with E-state index in [4.69, 9.17) is 0 Å². The van der Waals surface area contributed by atoms with E-state index >= 15 is 0 Å². The number of rotatable bonds is 10. The Morgan fingerprint density at radius 2 is 1.83 bits per heavy atom. The third kappa shape index (κ3) is 9.51. The highest BCUT2D eigenvalue weighted by atomic mass is 32.2. The van der Waals surface area contributed by atoms with Crippen LogP contribution in [0.1, 0.15) is 26.7 Å². The summed E-state index contributed by atoms with van der Waals surface area (Å²) in [6, 6.07) is 11.1. The van der Waals surface area contributed by atoms with Crippen molar-refractivity contribution in [1.29, 1.82) is 0 Å². The molecule has 23 heavy (non-hydrogen) atoms. The summed E-state index contributed by atoms with van der Waals surface area (Å²) >= 11 is 1.86. The number of hydrogen-bond acceptors (Lipinski definition) is 3. The van der Waals surface area contributed by atoms with Crippen LogP contribution < -0.4 is 10.6 Å².